The standard InChI is InChI=1S/C31H22N2O.C19H14S/c32-31(33)25-17-16-24(21-12-6-2-7-13-21)30-28(25)27-19-23(20-10-4-1-5-11-20)18-26(29(27)34-30)22-14-8-3-9-15-22;1-2-6-14(7-3-1)12-15-10-11-19-17(13-15)16-8-4-5-9-18(16)20-19/h1-19H,(H3,32,33);1-11,13H,12H2. The predicted molar refractivity (Wildman–Crippen MR) is 230 cm³/mol. The first kappa shape index (κ1) is 33.1. The molecule has 3 N–H and O–H groups in total. The SMILES string of the molecule is N=C(N)c1ccc(-c2ccccc2)c2oc3c(-c4ccccc4)cc(-c4ccccc4)cc3c12.c1ccc(Cc2ccc3sc4ccccc4c3c2)cc1. The van der Waals surface area contributed by atoms with E-state index in [0.717, 1.165) is 61.7 Å². The minimum atomic E-state index is 0.0266. The molecule has 10 aromatic rings. The van der Waals surface area contributed by atoms with Gasteiger partial charge in [-0.3, -0.25) is 5.41 Å². The summed E-state index contributed by atoms with van der Waals surface area (Å²) < 4.78 is 9.41. The zero-order valence-corrected chi connectivity index (χ0v) is 30.3. The Hall–Kier alpha value is -6.75. The normalized spacial score (nSPS) is 11.2. The lowest BCUT2D eigenvalue weighted by Crippen LogP contribution is -2.11. The van der Waals surface area contributed by atoms with Crippen LogP contribution in [0.2, 0.25) is 0 Å². The first-order chi connectivity index (χ1) is 26.6. The average Bonchev–Trinajstić information content (AvgIpc) is 3.80. The summed E-state index contributed by atoms with van der Waals surface area (Å²) in [4.78, 5) is 0. The molecule has 4 heteroatoms. The van der Waals surface area contributed by atoms with Crippen LogP contribution in [-0.4, -0.2) is 5.84 Å². The van der Waals surface area contributed by atoms with Gasteiger partial charge in [0.2, 0.25) is 0 Å². The molecular formula is C50H36N2OS. The summed E-state index contributed by atoms with van der Waals surface area (Å²) in [5, 5.41) is 12.9. The third-order valence-electron chi connectivity index (χ3n) is 9.98. The van der Waals surface area contributed by atoms with E-state index in [1.54, 1.807) is 0 Å². The molecule has 0 saturated heterocycles. The topological polar surface area (TPSA) is 63.0 Å². The summed E-state index contributed by atoms with van der Waals surface area (Å²) in [6, 6.07) is 65.3. The summed E-state index contributed by atoms with van der Waals surface area (Å²) in [7, 11) is 0. The number of nitrogens with one attached hydrogen (secondary N) is 1. The maximum Gasteiger partial charge on any atom is 0.144 e. The van der Waals surface area contributed by atoms with Crippen LogP contribution in [0.5, 0.6) is 0 Å². The molecule has 3 nitrogen and oxygen atoms in total. The second kappa shape index (κ2) is 14.3. The molecule has 0 amide bonds. The highest BCUT2D eigenvalue weighted by Gasteiger charge is 2.21. The Morgan fingerprint density at radius 2 is 1.06 bits per heavy atom. The zero-order valence-electron chi connectivity index (χ0n) is 29.5. The van der Waals surface area contributed by atoms with Crippen molar-refractivity contribution in [3.63, 3.8) is 0 Å². The Bertz CT molecular complexity index is 2910. The number of hydrogen-bond acceptors (Lipinski definition) is 3. The van der Waals surface area contributed by atoms with E-state index in [-0.39, 0.29) is 5.84 Å². The number of thiophene rings is 1. The first-order valence-electron chi connectivity index (χ1n) is 18.1. The van der Waals surface area contributed by atoms with Crippen LogP contribution in [0, 0.1) is 5.41 Å². The van der Waals surface area contributed by atoms with E-state index in [0.29, 0.717) is 5.56 Å². The van der Waals surface area contributed by atoms with Gasteiger partial charge in [0.1, 0.15) is 17.0 Å². The number of nitrogen functional groups attached to an aromatic ring is 1. The number of fused-ring (bicyclic) bond motifs is 6. The molecule has 0 radical (unpaired) electrons. The van der Waals surface area contributed by atoms with Gasteiger partial charge >= 0.3 is 0 Å². The van der Waals surface area contributed by atoms with E-state index in [1.165, 1.54) is 31.3 Å². The van der Waals surface area contributed by atoms with Crippen LogP contribution in [0.3, 0.4) is 0 Å². The van der Waals surface area contributed by atoms with Gasteiger partial charge in [0.25, 0.3) is 0 Å². The fourth-order valence-corrected chi connectivity index (χ4v) is 8.48. The van der Waals surface area contributed by atoms with E-state index in [9.17, 15) is 0 Å². The highest BCUT2D eigenvalue weighted by molar-refractivity contribution is 7.25. The summed E-state index contributed by atoms with van der Waals surface area (Å²) in [5.41, 5.74) is 17.4. The van der Waals surface area contributed by atoms with Gasteiger partial charge in [0, 0.05) is 47.6 Å². The summed E-state index contributed by atoms with van der Waals surface area (Å²) >= 11 is 1.88. The van der Waals surface area contributed by atoms with Gasteiger partial charge in [-0.05, 0) is 82.3 Å². The largest absolute Gasteiger partial charge is 0.455 e. The third-order valence-corrected chi connectivity index (χ3v) is 11.1. The molecule has 0 aliphatic heterocycles. The minimum absolute atomic E-state index is 0.0266. The monoisotopic (exact) mass is 712 g/mol. The minimum Gasteiger partial charge on any atom is -0.455 e. The number of nitrogens with two attached hydrogens (primary N) is 1. The van der Waals surface area contributed by atoms with Crippen molar-refractivity contribution in [2.24, 2.45) is 5.73 Å². The van der Waals surface area contributed by atoms with Gasteiger partial charge in [0.05, 0.1) is 0 Å². The lowest BCUT2D eigenvalue weighted by molar-refractivity contribution is 0.671. The quantitative estimate of drug-likeness (QED) is 0.133. The highest BCUT2D eigenvalue weighted by atomic mass is 32.1. The number of hydrogen-bond donors (Lipinski definition) is 2. The molecule has 0 saturated carbocycles. The van der Waals surface area contributed by atoms with Crippen LogP contribution in [-0.2, 0) is 6.42 Å². The van der Waals surface area contributed by atoms with Gasteiger partial charge in [-0.15, -0.1) is 11.3 Å². The Morgan fingerprint density at radius 3 is 1.74 bits per heavy atom. The van der Waals surface area contributed by atoms with Gasteiger partial charge in [-0.25, -0.2) is 0 Å². The summed E-state index contributed by atoms with van der Waals surface area (Å²) in [6.07, 6.45) is 1.00. The smallest absolute Gasteiger partial charge is 0.144 e. The van der Waals surface area contributed by atoms with Crippen LogP contribution in [0.1, 0.15) is 16.7 Å². The third kappa shape index (κ3) is 6.34. The predicted octanol–water partition coefficient (Wildman–Crippen LogP) is 13.5. The van der Waals surface area contributed by atoms with E-state index in [2.05, 4.69) is 121 Å². The molecule has 258 valence electrons. The zero-order chi connectivity index (χ0) is 36.4. The molecule has 10 rings (SSSR count). The van der Waals surface area contributed by atoms with E-state index < -0.39 is 0 Å². The van der Waals surface area contributed by atoms with Gasteiger partial charge < -0.3 is 10.2 Å². The molecule has 0 atom stereocenters. The van der Waals surface area contributed by atoms with Crippen molar-refractivity contribution in [2.75, 3.05) is 0 Å². The van der Waals surface area contributed by atoms with E-state index in [4.69, 9.17) is 15.6 Å². The van der Waals surface area contributed by atoms with Crippen LogP contribution >= 0.6 is 11.3 Å². The fourth-order valence-electron chi connectivity index (χ4n) is 7.40. The molecule has 2 heterocycles. The molecule has 0 fully saturated rings. The summed E-state index contributed by atoms with van der Waals surface area (Å²) in [6.45, 7) is 0. The van der Waals surface area contributed by atoms with Gasteiger partial charge in [0.15, 0.2) is 0 Å². The molecule has 0 aliphatic carbocycles. The molecule has 54 heavy (non-hydrogen) atoms. The van der Waals surface area contributed by atoms with Crippen LogP contribution in [0.4, 0.5) is 0 Å². The Balaban J connectivity index is 0.000000163. The van der Waals surface area contributed by atoms with Crippen LogP contribution in [0.15, 0.2) is 192 Å². The Kier molecular flexibility index (Phi) is 8.80. The first-order valence-corrected chi connectivity index (χ1v) is 18.9. The Morgan fingerprint density at radius 1 is 0.463 bits per heavy atom. The maximum absolute atomic E-state index is 8.28. The van der Waals surface area contributed by atoms with Crippen molar-refractivity contribution in [1.29, 1.82) is 5.41 Å². The molecular weight excluding hydrogens is 677 g/mol. The average molecular weight is 713 g/mol. The molecule has 0 unspecified atom stereocenters. The van der Waals surface area contributed by atoms with Crippen molar-refractivity contribution < 1.29 is 4.42 Å². The number of furan rings is 1. The van der Waals surface area contributed by atoms with Crippen LogP contribution < -0.4 is 5.73 Å². The van der Waals surface area contributed by atoms with Crippen molar-refractivity contribution in [3.8, 4) is 33.4 Å². The molecule has 8 aromatic carbocycles. The molecule has 0 bridgehead atoms. The fraction of sp³-hybridized carbons (Fsp3) is 0.0200. The molecule has 2 aromatic heterocycles. The van der Waals surface area contributed by atoms with Crippen molar-refractivity contribution in [1.82, 2.24) is 0 Å². The second-order valence-electron chi connectivity index (χ2n) is 13.5. The van der Waals surface area contributed by atoms with Crippen molar-refractivity contribution in [2.45, 2.75) is 6.42 Å². The highest BCUT2D eigenvalue weighted by Crippen LogP contribution is 2.43. The lowest BCUT2D eigenvalue weighted by atomic mass is 9.93. The number of rotatable bonds is 6. The number of amidine groups is 1. The van der Waals surface area contributed by atoms with Gasteiger partial charge in [-0.2, -0.15) is 0 Å². The van der Waals surface area contributed by atoms with Crippen LogP contribution in [0.25, 0.3) is 75.5 Å². The Labute approximate surface area is 318 Å². The van der Waals surface area contributed by atoms with E-state index in [1.807, 2.05) is 78.1 Å². The summed E-state index contributed by atoms with van der Waals surface area (Å²) in [5.74, 6) is 0.0266. The van der Waals surface area contributed by atoms with Crippen molar-refractivity contribution in [3.05, 3.63) is 205 Å². The lowest BCUT2D eigenvalue weighted by Gasteiger charge is -2.08. The second-order valence-corrected chi connectivity index (χ2v) is 14.6. The van der Waals surface area contributed by atoms with Crippen molar-refractivity contribution >= 4 is 59.3 Å². The maximum atomic E-state index is 8.28. The molecule has 0 aliphatic rings. The molecule has 0 spiro atoms. The van der Waals surface area contributed by atoms with Gasteiger partial charge in [-0.1, -0.05) is 146 Å². The van der Waals surface area contributed by atoms with E-state index >= 15 is 0 Å². The number of benzene rings is 8.